The van der Waals surface area contributed by atoms with E-state index in [1.165, 1.54) is 0 Å². The number of hydrogen-bond donors (Lipinski definition) is 5. The van der Waals surface area contributed by atoms with Crippen LogP contribution < -0.4 is 5.32 Å². The molecule has 2 rings (SSSR count). The van der Waals surface area contributed by atoms with Crippen molar-refractivity contribution in [1.29, 1.82) is 0 Å². The molecule has 6 nitrogen and oxygen atoms in total. The first-order valence-electron chi connectivity index (χ1n) is 7.79. The van der Waals surface area contributed by atoms with Crippen LogP contribution in [0.4, 0.5) is 0 Å². The molecule has 0 heterocycles. The average molecular weight is 301 g/mol. The third-order valence-corrected chi connectivity index (χ3v) is 5.39. The van der Waals surface area contributed by atoms with Gasteiger partial charge in [-0.25, -0.2) is 0 Å². The van der Waals surface area contributed by atoms with Crippen LogP contribution >= 0.6 is 0 Å². The standard InChI is InChI=1S/C15H27NO5/c1-8-5-10-6-9(2)15(10,7-8)16-14(21)13(20)12(19)11(18)3-4-17/h8-13,17-20H,3-7H2,1-2H3,(H,16,21). The molecule has 2 aliphatic rings. The molecule has 7 unspecified atom stereocenters. The second kappa shape index (κ2) is 6.20. The lowest BCUT2D eigenvalue weighted by Crippen LogP contribution is -2.65. The number of amides is 1. The molecule has 7 atom stereocenters. The molecule has 0 saturated heterocycles. The van der Waals surface area contributed by atoms with Gasteiger partial charge in [0.25, 0.3) is 5.91 Å². The fourth-order valence-corrected chi connectivity index (χ4v) is 4.16. The molecule has 0 spiro atoms. The van der Waals surface area contributed by atoms with Gasteiger partial charge >= 0.3 is 0 Å². The Morgan fingerprint density at radius 2 is 1.95 bits per heavy atom. The average Bonchev–Trinajstić information content (AvgIpc) is 2.69. The van der Waals surface area contributed by atoms with Crippen molar-refractivity contribution in [2.45, 2.75) is 63.4 Å². The smallest absolute Gasteiger partial charge is 0.252 e. The summed E-state index contributed by atoms with van der Waals surface area (Å²) >= 11 is 0. The molecule has 6 heteroatoms. The molecule has 0 bridgehead atoms. The quantitative estimate of drug-likeness (QED) is 0.450. The second-order valence-electron chi connectivity index (χ2n) is 6.92. The summed E-state index contributed by atoms with van der Waals surface area (Å²) in [5.74, 6) is 0.716. The molecule has 0 aromatic carbocycles. The van der Waals surface area contributed by atoms with Crippen LogP contribution in [0.1, 0.15) is 39.5 Å². The zero-order valence-electron chi connectivity index (χ0n) is 12.7. The lowest BCUT2D eigenvalue weighted by molar-refractivity contribution is -0.147. The van der Waals surface area contributed by atoms with E-state index in [1.54, 1.807) is 0 Å². The van der Waals surface area contributed by atoms with Crippen molar-refractivity contribution in [2.75, 3.05) is 6.61 Å². The third-order valence-electron chi connectivity index (χ3n) is 5.39. The van der Waals surface area contributed by atoms with Gasteiger partial charge in [0, 0.05) is 12.1 Å². The first kappa shape index (κ1) is 16.7. The normalized spacial score (nSPS) is 39.0. The Morgan fingerprint density at radius 1 is 1.29 bits per heavy atom. The van der Waals surface area contributed by atoms with Crippen molar-refractivity contribution < 1.29 is 25.2 Å². The van der Waals surface area contributed by atoms with Crippen LogP contribution in [0.15, 0.2) is 0 Å². The Morgan fingerprint density at radius 3 is 2.48 bits per heavy atom. The van der Waals surface area contributed by atoms with E-state index in [0.29, 0.717) is 17.8 Å². The minimum Gasteiger partial charge on any atom is -0.396 e. The first-order valence-corrected chi connectivity index (χ1v) is 7.79. The minimum absolute atomic E-state index is 0.0767. The van der Waals surface area contributed by atoms with Crippen molar-refractivity contribution in [1.82, 2.24) is 5.32 Å². The molecule has 0 aromatic heterocycles. The SMILES string of the molecule is CC1CC2CC(C)C2(NC(=O)C(O)C(O)C(O)CCO)C1. The zero-order chi connectivity index (χ0) is 15.8. The first-order chi connectivity index (χ1) is 9.81. The summed E-state index contributed by atoms with van der Waals surface area (Å²) in [5.41, 5.74) is -0.265. The fraction of sp³-hybridized carbons (Fsp3) is 0.933. The molecule has 1 amide bonds. The molecule has 5 N–H and O–H groups in total. The summed E-state index contributed by atoms with van der Waals surface area (Å²) in [6.07, 6.45) is -1.59. The lowest BCUT2D eigenvalue weighted by Gasteiger charge is -2.52. The Kier molecular flexibility index (Phi) is 4.92. The number of aliphatic hydroxyl groups excluding tert-OH is 4. The Bertz CT molecular complexity index is 390. The van der Waals surface area contributed by atoms with Gasteiger partial charge in [0.1, 0.15) is 6.10 Å². The van der Waals surface area contributed by atoms with Gasteiger partial charge in [0.2, 0.25) is 0 Å². The monoisotopic (exact) mass is 301 g/mol. The van der Waals surface area contributed by atoms with Crippen LogP contribution in [0, 0.1) is 17.8 Å². The molecule has 122 valence electrons. The zero-order valence-corrected chi connectivity index (χ0v) is 12.7. The number of carbonyl (C=O) groups is 1. The van der Waals surface area contributed by atoms with Crippen LogP contribution in [-0.4, -0.2) is 56.8 Å². The van der Waals surface area contributed by atoms with E-state index < -0.39 is 24.2 Å². The number of rotatable bonds is 6. The number of fused-ring (bicyclic) bond motifs is 1. The van der Waals surface area contributed by atoms with Crippen LogP contribution in [0.3, 0.4) is 0 Å². The third kappa shape index (κ3) is 2.95. The lowest BCUT2D eigenvalue weighted by atomic mass is 9.61. The van der Waals surface area contributed by atoms with E-state index in [0.717, 1.165) is 19.3 Å². The van der Waals surface area contributed by atoms with E-state index in [4.69, 9.17) is 5.11 Å². The van der Waals surface area contributed by atoms with Gasteiger partial charge in [0.05, 0.1) is 6.10 Å². The minimum atomic E-state index is -1.68. The summed E-state index contributed by atoms with van der Waals surface area (Å²) in [7, 11) is 0. The van der Waals surface area contributed by atoms with Crippen LogP contribution in [0.2, 0.25) is 0 Å². The van der Waals surface area contributed by atoms with Crippen molar-refractivity contribution in [2.24, 2.45) is 17.8 Å². The van der Waals surface area contributed by atoms with Gasteiger partial charge in [-0.15, -0.1) is 0 Å². The molecule has 21 heavy (non-hydrogen) atoms. The Labute approximate surface area is 125 Å². The number of carbonyl (C=O) groups excluding carboxylic acids is 1. The van der Waals surface area contributed by atoms with Crippen LogP contribution in [-0.2, 0) is 4.79 Å². The van der Waals surface area contributed by atoms with Gasteiger partial charge in [-0.05, 0) is 43.4 Å². The fourth-order valence-electron chi connectivity index (χ4n) is 4.16. The number of nitrogens with one attached hydrogen (secondary N) is 1. The molecule has 2 aliphatic carbocycles. The summed E-state index contributed by atoms with van der Waals surface area (Å²) in [5, 5.41) is 40.9. The van der Waals surface area contributed by atoms with Crippen LogP contribution in [0.5, 0.6) is 0 Å². The molecule has 0 aliphatic heterocycles. The predicted molar refractivity (Wildman–Crippen MR) is 76.3 cm³/mol. The maximum atomic E-state index is 12.2. The highest BCUT2D eigenvalue weighted by molar-refractivity contribution is 5.82. The van der Waals surface area contributed by atoms with E-state index in [9.17, 15) is 20.1 Å². The van der Waals surface area contributed by atoms with Crippen LogP contribution in [0.25, 0.3) is 0 Å². The molecule has 0 radical (unpaired) electrons. The summed E-state index contributed by atoms with van der Waals surface area (Å²) in [6.45, 7) is 3.95. The van der Waals surface area contributed by atoms with Crippen molar-refractivity contribution in [3.63, 3.8) is 0 Å². The highest BCUT2D eigenvalue weighted by atomic mass is 16.4. The summed E-state index contributed by atoms with van der Waals surface area (Å²) in [4.78, 5) is 12.2. The van der Waals surface area contributed by atoms with E-state index >= 15 is 0 Å². The van der Waals surface area contributed by atoms with E-state index in [1.807, 2.05) is 0 Å². The Hall–Kier alpha value is -0.690. The summed E-state index contributed by atoms with van der Waals surface area (Å²) in [6, 6.07) is 0. The highest BCUT2D eigenvalue weighted by Crippen LogP contribution is 2.56. The maximum Gasteiger partial charge on any atom is 0.252 e. The largest absolute Gasteiger partial charge is 0.396 e. The van der Waals surface area contributed by atoms with Crippen molar-refractivity contribution in [3.8, 4) is 0 Å². The van der Waals surface area contributed by atoms with E-state index in [-0.39, 0.29) is 18.6 Å². The molecular weight excluding hydrogens is 274 g/mol. The topological polar surface area (TPSA) is 110 Å². The van der Waals surface area contributed by atoms with Gasteiger partial charge in [0.15, 0.2) is 6.10 Å². The van der Waals surface area contributed by atoms with Crippen molar-refractivity contribution in [3.05, 3.63) is 0 Å². The summed E-state index contributed by atoms with van der Waals surface area (Å²) < 4.78 is 0. The molecule has 2 fully saturated rings. The number of aliphatic hydroxyl groups is 4. The molecular formula is C15H27NO5. The highest BCUT2D eigenvalue weighted by Gasteiger charge is 2.58. The van der Waals surface area contributed by atoms with Gasteiger partial charge in [-0.3, -0.25) is 4.79 Å². The van der Waals surface area contributed by atoms with Gasteiger partial charge in [-0.1, -0.05) is 13.8 Å². The van der Waals surface area contributed by atoms with Gasteiger partial charge in [-0.2, -0.15) is 0 Å². The van der Waals surface area contributed by atoms with Gasteiger partial charge < -0.3 is 25.7 Å². The van der Waals surface area contributed by atoms with E-state index in [2.05, 4.69) is 19.2 Å². The predicted octanol–water partition coefficient (Wildman–Crippen LogP) is -0.608. The maximum absolute atomic E-state index is 12.2. The van der Waals surface area contributed by atoms with Crippen molar-refractivity contribution >= 4 is 5.91 Å². The molecule has 2 saturated carbocycles. The Balaban J connectivity index is 1.97. The number of hydrogen-bond acceptors (Lipinski definition) is 5. The molecule has 0 aromatic rings. The second-order valence-corrected chi connectivity index (χ2v) is 6.92.